The van der Waals surface area contributed by atoms with E-state index in [1.54, 1.807) is 0 Å². The fourth-order valence-corrected chi connectivity index (χ4v) is 20.0. The summed E-state index contributed by atoms with van der Waals surface area (Å²) in [7, 11) is -8.96. The molecule has 0 amide bonds. The first-order valence-electron chi connectivity index (χ1n) is 11.0. The zero-order chi connectivity index (χ0) is 40.3. The van der Waals surface area contributed by atoms with Crippen LogP contribution in [0.1, 0.15) is 14.9 Å². The van der Waals surface area contributed by atoms with Crippen LogP contribution in [0.25, 0.3) is 0 Å². The van der Waals surface area contributed by atoms with Crippen molar-refractivity contribution in [1.82, 2.24) is 0 Å². The van der Waals surface area contributed by atoms with Gasteiger partial charge in [0.15, 0.2) is 16.6 Å². The van der Waals surface area contributed by atoms with Gasteiger partial charge in [0.2, 0.25) is 0 Å². The van der Waals surface area contributed by atoms with Crippen molar-refractivity contribution in [1.29, 1.82) is 0 Å². The molecule has 3 nitrogen and oxygen atoms in total. The van der Waals surface area contributed by atoms with Crippen LogP contribution >= 0.6 is 0 Å². The van der Waals surface area contributed by atoms with E-state index < -0.39 is 33.8 Å². The normalized spacial score (nSPS) is 8.56. The van der Waals surface area contributed by atoms with Crippen LogP contribution in [0.15, 0.2) is 60.7 Å². The second-order valence-corrected chi connectivity index (χ2v) is 25.4. The van der Waals surface area contributed by atoms with Crippen molar-refractivity contribution in [2.45, 2.75) is 67.2 Å². The van der Waals surface area contributed by atoms with E-state index in [0.29, 0.717) is 0 Å². The van der Waals surface area contributed by atoms with Crippen LogP contribution in [-0.2, 0) is 12.3 Å². The summed E-state index contributed by atoms with van der Waals surface area (Å²) in [5.41, 5.74) is 0. The van der Waals surface area contributed by atoms with Crippen LogP contribution < -0.4 is 10.4 Å². The first kappa shape index (κ1) is 81.6. The first-order valence-corrected chi connectivity index (χ1v) is 22.4. The molecule has 50 heavy (non-hydrogen) atoms. The van der Waals surface area contributed by atoms with E-state index in [1.807, 2.05) is 12.1 Å². The highest BCUT2D eigenvalue weighted by Crippen LogP contribution is 2.24. The maximum absolute atomic E-state index is 8.00. The SMILES string of the molecule is C.C.C[Si](C)(C)O[Si](C)(C)O[Si](O[Si](C)(C)C)(c1ccccc1)c1ccccc1.F.FF.FF.FF.FF.FF.FF.FF.FF.FF.FF. The van der Waals surface area contributed by atoms with Gasteiger partial charge in [-0.05, 0) is 62.7 Å². The number of hydrogen-bond acceptors (Lipinski definition) is 3. The molecule has 0 unspecified atom stereocenters. The zero-order valence-corrected chi connectivity index (χ0v) is 30.0. The monoisotopic (exact) mass is 866 g/mol. The Morgan fingerprint density at radius 3 is 0.720 bits per heavy atom. The summed E-state index contributed by atoms with van der Waals surface area (Å²) in [5, 5.41) is 2.30. The predicted molar refractivity (Wildman–Crippen MR) is 163 cm³/mol. The first-order chi connectivity index (χ1) is 22.3. The molecule has 0 radical (unpaired) electrons. The van der Waals surface area contributed by atoms with Crippen LogP contribution in [0.4, 0.5) is 96.2 Å². The Bertz CT molecular complexity index is 733. The lowest BCUT2D eigenvalue weighted by molar-refractivity contribution is 0.108. The van der Waals surface area contributed by atoms with Gasteiger partial charge in [-0.2, -0.15) is 0 Å². The van der Waals surface area contributed by atoms with Crippen LogP contribution in [0.3, 0.4) is 0 Å². The van der Waals surface area contributed by atoms with E-state index in [2.05, 4.69) is 101 Å². The van der Waals surface area contributed by atoms with Crippen LogP contribution in [-0.4, -0.2) is 33.8 Å². The molecule has 2 aromatic rings. The van der Waals surface area contributed by atoms with Gasteiger partial charge >= 0.3 is 17.1 Å². The Labute approximate surface area is 280 Å². The Morgan fingerprint density at radius 1 is 0.340 bits per heavy atom. The van der Waals surface area contributed by atoms with Crippen molar-refractivity contribution in [2.75, 3.05) is 0 Å². The summed E-state index contributed by atoms with van der Waals surface area (Å²) >= 11 is 0. The molecule has 0 aliphatic carbocycles. The number of hydrogen-bond donors (Lipinski definition) is 0. The van der Waals surface area contributed by atoms with Crippen molar-refractivity contribution in [3.8, 4) is 0 Å². The summed E-state index contributed by atoms with van der Waals surface area (Å²) in [4.78, 5) is 0. The van der Waals surface area contributed by atoms with Gasteiger partial charge in [-0.15, -0.1) is 0 Å². The molecule has 28 heteroatoms. The number of halogens is 21. The topological polar surface area (TPSA) is 27.7 Å². The van der Waals surface area contributed by atoms with Crippen LogP contribution in [0.2, 0.25) is 52.4 Å². The largest absolute Gasteiger partial charge is 0.437 e. The van der Waals surface area contributed by atoms with E-state index in [9.17, 15) is 0 Å². The van der Waals surface area contributed by atoms with Gasteiger partial charge in [0, 0.05) is 91.5 Å². The molecule has 0 aliphatic heterocycles. The molecule has 0 heterocycles. The molecule has 0 saturated carbocycles. The maximum atomic E-state index is 8.00. The molecule has 0 spiro atoms. The van der Waals surface area contributed by atoms with Crippen molar-refractivity contribution >= 4 is 44.1 Å². The van der Waals surface area contributed by atoms with E-state index >= 15 is 0 Å². The Hall–Kier alpha value is -2.28. The lowest BCUT2D eigenvalue weighted by Gasteiger charge is -2.43. The highest BCUT2D eigenvalue weighted by Gasteiger charge is 2.51. The fraction of sp³-hybridized carbons (Fsp3) is 0.455. The Balaban J connectivity index is -0.0000000542. The molecule has 312 valence electrons. The molecular weight excluding hydrogens is 824 g/mol. The maximum Gasteiger partial charge on any atom is 0.388 e. The summed E-state index contributed by atoms with van der Waals surface area (Å²) in [6, 6.07) is 21.0. The highest BCUT2D eigenvalue weighted by molar-refractivity contribution is 7.02. The third-order valence-corrected chi connectivity index (χ3v) is 17.0. The Morgan fingerprint density at radius 2 is 0.540 bits per heavy atom. The Kier molecular flexibility index (Phi) is 96.2. The molecule has 0 atom stereocenters. The van der Waals surface area contributed by atoms with Gasteiger partial charge in [0.1, 0.15) is 0 Å². The summed E-state index contributed by atoms with van der Waals surface area (Å²) in [6.45, 7) is 17.7. The average Bonchev–Trinajstić information content (AvgIpc) is 3.12. The summed E-state index contributed by atoms with van der Waals surface area (Å²) in [6.07, 6.45) is 0. The lowest BCUT2D eigenvalue weighted by Crippen LogP contribution is -2.71. The molecule has 0 fully saturated rings. The van der Waals surface area contributed by atoms with Gasteiger partial charge in [0.05, 0.1) is 0 Å². The van der Waals surface area contributed by atoms with Crippen molar-refractivity contribution in [3.63, 3.8) is 0 Å². The van der Waals surface area contributed by atoms with Crippen LogP contribution in [0, 0.1) is 0 Å². The van der Waals surface area contributed by atoms with E-state index in [-0.39, 0.29) is 19.6 Å². The van der Waals surface area contributed by atoms with Crippen molar-refractivity contribution in [3.05, 3.63) is 60.7 Å². The second-order valence-electron chi connectivity index (χ2n) is 9.28. The van der Waals surface area contributed by atoms with Gasteiger partial charge in [-0.1, -0.05) is 75.5 Å². The van der Waals surface area contributed by atoms with Gasteiger partial charge in [0.25, 0.3) is 0 Å². The molecular formula is C22H43F21O3Si4. The minimum absolute atomic E-state index is 0. The average molecular weight is 867 g/mol. The van der Waals surface area contributed by atoms with Crippen molar-refractivity contribution in [2.24, 2.45) is 0 Å². The molecule has 2 rings (SSSR count). The summed E-state index contributed by atoms with van der Waals surface area (Å²) in [5.74, 6) is 0. The highest BCUT2D eigenvalue weighted by atomic mass is 28.5. The third-order valence-electron chi connectivity index (χ3n) is 3.70. The van der Waals surface area contributed by atoms with Gasteiger partial charge < -0.3 is 12.3 Å². The van der Waals surface area contributed by atoms with E-state index in [0.717, 1.165) is 10.4 Å². The van der Waals surface area contributed by atoms with E-state index in [4.69, 9.17) is 104 Å². The molecule has 0 bridgehead atoms. The molecule has 0 aliphatic rings. The molecule has 0 aromatic heterocycles. The lowest BCUT2D eigenvalue weighted by atomic mass is 10.4. The second kappa shape index (κ2) is 58.9. The molecule has 0 saturated heterocycles. The standard InChI is InChI=1S/C20H34O3Si4.2CH4.10F2.FH/c1-24(2,3)21-26(7,8)23-27(22-25(4,5)6,19-15-11-9-12-16-19)20-17-13-10-14-18-20;;;10*1-2;/h9-18H,1-8H3;2*1H4;;;;;;;;;;;1H. The molecule has 2 aromatic carbocycles. The number of rotatable bonds is 8. The quantitative estimate of drug-likeness (QED) is 0.195. The predicted octanol–water partition coefficient (Wildman–Crippen LogP) is 14.5. The minimum Gasteiger partial charge on any atom is -0.437 e. The molecule has 0 N–H and O–H groups in total. The fourth-order valence-electron chi connectivity index (χ4n) is 3.27. The van der Waals surface area contributed by atoms with E-state index in [1.165, 1.54) is 0 Å². The van der Waals surface area contributed by atoms with Gasteiger partial charge in [-0.25, -0.2) is 0 Å². The minimum atomic E-state index is -2.90. The number of benzene rings is 2. The van der Waals surface area contributed by atoms with Gasteiger partial charge in [-0.3, -0.25) is 4.70 Å². The van der Waals surface area contributed by atoms with Crippen LogP contribution in [0.5, 0.6) is 0 Å². The van der Waals surface area contributed by atoms with Crippen molar-refractivity contribution < 1.29 is 109 Å². The smallest absolute Gasteiger partial charge is 0.388 e. The zero-order valence-electron chi connectivity index (χ0n) is 26.0. The third kappa shape index (κ3) is 47.8. The summed E-state index contributed by atoms with van der Waals surface area (Å²) < 4.78 is 181.